The summed E-state index contributed by atoms with van der Waals surface area (Å²) in [7, 11) is 1.55. The Labute approximate surface area is 184 Å². The van der Waals surface area contributed by atoms with Crippen LogP contribution >= 0.6 is 0 Å². The summed E-state index contributed by atoms with van der Waals surface area (Å²) >= 11 is 0. The topological polar surface area (TPSA) is 117 Å². The standard InChI is InChI=1S/C23H21N7O2/c1-32-19-12-13-20(31)16(14-19)15-24-30-23-28-21(25-17-8-4-2-5-9-17)27-22(29-23)26-18-10-6-3-7-11-18/h2-15,31H,1H3,(H3,25,26,27,28,29,30)/b24-15-. The quantitative estimate of drug-likeness (QED) is 0.240. The molecule has 0 radical (unpaired) electrons. The van der Waals surface area contributed by atoms with Crippen LogP contribution in [0.4, 0.5) is 29.2 Å². The van der Waals surface area contributed by atoms with Gasteiger partial charge in [0.05, 0.1) is 13.3 Å². The molecular formula is C23H21N7O2. The van der Waals surface area contributed by atoms with Crippen molar-refractivity contribution in [3.63, 3.8) is 0 Å². The van der Waals surface area contributed by atoms with Gasteiger partial charge in [0.25, 0.3) is 0 Å². The Bertz CT molecular complexity index is 1140. The first-order valence-corrected chi connectivity index (χ1v) is 9.76. The van der Waals surface area contributed by atoms with Crippen LogP contribution in [0.5, 0.6) is 11.5 Å². The van der Waals surface area contributed by atoms with Gasteiger partial charge < -0.3 is 20.5 Å². The number of methoxy groups -OCH3 is 1. The Hall–Kier alpha value is -4.66. The van der Waals surface area contributed by atoms with Crippen LogP contribution in [0.1, 0.15) is 5.56 Å². The fourth-order valence-electron chi connectivity index (χ4n) is 2.76. The number of rotatable bonds is 8. The number of phenolic OH excluding ortho intramolecular Hbond substituents is 1. The number of phenols is 1. The first kappa shape index (κ1) is 20.6. The van der Waals surface area contributed by atoms with E-state index in [-0.39, 0.29) is 11.7 Å². The number of hydrogen-bond acceptors (Lipinski definition) is 9. The lowest BCUT2D eigenvalue weighted by atomic mass is 10.2. The van der Waals surface area contributed by atoms with Gasteiger partial charge in [-0.2, -0.15) is 20.1 Å². The molecule has 1 aromatic heterocycles. The molecule has 0 aliphatic rings. The predicted octanol–water partition coefficient (Wildman–Crippen LogP) is 4.52. The molecule has 0 bridgehead atoms. The van der Waals surface area contributed by atoms with Gasteiger partial charge in [0, 0.05) is 16.9 Å². The first-order valence-electron chi connectivity index (χ1n) is 9.76. The van der Waals surface area contributed by atoms with E-state index < -0.39 is 0 Å². The summed E-state index contributed by atoms with van der Waals surface area (Å²) in [6.07, 6.45) is 1.45. The Morgan fingerprint density at radius 3 is 1.91 bits per heavy atom. The summed E-state index contributed by atoms with van der Waals surface area (Å²) in [4.78, 5) is 13.2. The third-order valence-corrected chi connectivity index (χ3v) is 4.30. The molecule has 0 saturated heterocycles. The van der Waals surface area contributed by atoms with Crippen molar-refractivity contribution in [2.75, 3.05) is 23.2 Å². The number of benzene rings is 3. The zero-order chi connectivity index (χ0) is 22.2. The molecule has 0 fully saturated rings. The molecule has 0 atom stereocenters. The Kier molecular flexibility index (Phi) is 6.37. The fraction of sp³-hybridized carbons (Fsp3) is 0.0435. The number of ether oxygens (including phenoxy) is 1. The molecule has 4 aromatic rings. The van der Waals surface area contributed by atoms with Gasteiger partial charge in [0.2, 0.25) is 17.8 Å². The normalized spacial score (nSPS) is 10.7. The highest BCUT2D eigenvalue weighted by molar-refractivity contribution is 5.84. The average Bonchev–Trinajstić information content (AvgIpc) is 2.81. The number of aromatic nitrogens is 3. The lowest BCUT2D eigenvalue weighted by molar-refractivity contribution is 0.412. The summed E-state index contributed by atoms with van der Waals surface area (Å²) in [5.74, 6) is 1.58. The molecule has 32 heavy (non-hydrogen) atoms. The van der Waals surface area contributed by atoms with Gasteiger partial charge in [-0.25, -0.2) is 5.43 Å². The third kappa shape index (κ3) is 5.48. The van der Waals surface area contributed by atoms with E-state index in [0.29, 0.717) is 23.2 Å². The van der Waals surface area contributed by atoms with Crippen LogP contribution in [-0.4, -0.2) is 33.4 Å². The average molecular weight is 427 g/mol. The minimum atomic E-state index is 0.0739. The van der Waals surface area contributed by atoms with Crippen molar-refractivity contribution in [2.45, 2.75) is 0 Å². The van der Waals surface area contributed by atoms with Crippen molar-refractivity contribution >= 4 is 35.4 Å². The molecule has 0 aliphatic carbocycles. The minimum absolute atomic E-state index is 0.0739. The summed E-state index contributed by atoms with van der Waals surface area (Å²) in [6.45, 7) is 0. The van der Waals surface area contributed by atoms with E-state index in [4.69, 9.17) is 4.74 Å². The smallest absolute Gasteiger partial charge is 0.250 e. The van der Waals surface area contributed by atoms with Crippen LogP contribution in [0.25, 0.3) is 0 Å². The van der Waals surface area contributed by atoms with Crippen LogP contribution in [-0.2, 0) is 0 Å². The number of hydrazone groups is 1. The molecule has 9 heteroatoms. The highest BCUT2D eigenvalue weighted by Crippen LogP contribution is 2.22. The van der Waals surface area contributed by atoms with E-state index in [9.17, 15) is 5.11 Å². The summed E-state index contributed by atoms with van der Waals surface area (Å²) in [6, 6.07) is 24.0. The molecule has 0 spiro atoms. The Morgan fingerprint density at radius 2 is 1.34 bits per heavy atom. The first-order chi connectivity index (χ1) is 15.7. The lowest BCUT2D eigenvalue weighted by Crippen LogP contribution is -2.07. The number of para-hydroxylation sites is 2. The van der Waals surface area contributed by atoms with Crippen molar-refractivity contribution in [1.29, 1.82) is 0 Å². The summed E-state index contributed by atoms with van der Waals surface area (Å²) < 4.78 is 5.18. The summed E-state index contributed by atoms with van der Waals surface area (Å²) in [5.41, 5.74) is 4.93. The second-order valence-corrected chi connectivity index (χ2v) is 6.58. The van der Waals surface area contributed by atoms with E-state index in [2.05, 4.69) is 36.1 Å². The van der Waals surface area contributed by atoms with Crippen LogP contribution < -0.4 is 20.8 Å². The molecule has 1 heterocycles. The Morgan fingerprint density at radius 1 is 0.781 bits per heavy atom. The SMILES string of the molecule is COc1ccc(O)c(/C=N\Nc2nc(Nc3ccccc3)nc(Nc3ccccc3)n2)c1. The van der Waals surface area contributed by atoms with Gasteiger partial charge in [0.15, 0.2) is 0 Å². The molecular weight excluding hydrogens is 406 g/mol. The van der Waals surface area contributed by atoms with Gasteiger partial charge in [-0.05, 0) is 42.5 Å². The molecule has 0 unspecified atom stereocenters. The Balaban J connectivity index is 1.58. The molecule has 3 aromatic carbocycles. The van der Waals surface area contributed by atoms with Crippen molar-refractivity contribution in [1.82, 2.24) is 15.0 Å². The maximum atomic E-state index is 10.0. The maximum absolute atomic E-state index is 10.0. The highest BCUT2D eigenvalue weighted by Gasteiger charge is 2.08. The van der Waals surface area contributed by atoms with Crippen LogP contribution in [0.2, 0.25) is 0 Å². The van der Waals surface area contributed by atoms with Gasteiger partial charge in [-0.3, -0.25) is 0 Å². The molecule has 4 rings (SSSR count). The van der Waals surface area contributed by atoms with E-state index >= 15 is 0 Å². The van der Waals surface area contributed by atoms with E-state index in [0.717, 1.165) is 11.4 Å². The highest BCUT2D eigenvalue weighted by atomic mass is 16.5. The zero-order valence-electron chi connectivity index (χ0n) is 17.2. The number of nitrogens with one attached hydrogen (secondary N) is 3. The van der Waals surface area contributed by atoms with Crippen molar-refractivity contribution in [3.05, 3.63) is 84.4 Å². The minimum Gasteiger partial charge on any atom is -0.507 e. The predicted molar refractivity (Wildman–Crippen MR) is 125 cm³/mol. The number of hydrogen-bond donors (Lipinski definition) is 4. The monoisotopic (exact) mass is 427 g/mol. The number of aromatic hydroxyl groups is 1. The van der Waals surface area contributed by atoms with E-state index in [1.54, 1.807) is 19.2 Å². The molecule has 4 N–H and O–H groups in total. The summed E-state index contributed by atoms with van der Waals surface area (Å²) in [5, 5.41) is 20.5. The fourth-order valence-corrected chi connectivity index (χ4v) is 2.76. The van der Waals surface area contributed by atoms with Gasteiger partial charge in [0.1, 0.15) is 11.5 Å². The number of nitrogens with zero attached hydrogens (tertiary/aromatic N) is 4. The maximum Gasteiger partial charge on any atom is 0.250 e. The molecule has 160 valence electrons. The van der Waals surface area contributed by atoms with Crippen molar-refractivity contribution in [2.24, 2.45) is 5.10 Å². The molecule has 0 aliphatic heterocycles. The van der Waals surface area contributed by atoms with Crippen molar-refractivity contribution in [3.8, 4) is 11.5 Å². The number of anilines is 5. The lowest BCUT2D eigenvalue weighted by Gasteiger charge is -2.10. The molecule has 0 amide bonds. The van der Waals surface area contributed by atoms with Gasteiger partial charge >= 0.3 is 0 Å². The largest absolute Gasteiger partial charge is 0.507 e. The van der Waals surface area contributed by atoms with Crippen LogP contribution in [0.15, 0.2) is 84.0 Å². The van der Waals surface area contributed by atoms with E-state index in [1.807, 2.05) is 60.7 Å². The van der Waals surface area contributed by atoms with Gasteiger partial charge in [-0.15, -0.1) is 0 Å². The molecule has 0 saturated carbocycles. The molecule has 9 nitrogen and oxygen atoms in total. The second-order valence-electron chi connectivity index (χ2n) is 6.58. The van der Waals surface area contributed by atoms with Crippen molar-refractivity contribution < 1.29 is 9.84 Å². The zero-order valence-corrected chi connectivity index (χ0v) is 17.2. The van der Waals surface area contributed by atoms with E-state index in [1.165, 1.54) is 12.3 Å². The van der Waals surface area contributed by atoms with Gasteiger partial charge in [-0.1, -0.05) is 36.4 Å². The second kappa shape index (κ2) is 9.90. The van der Waals surface area contributed by atoms with Crippen LogP contribution in [0, 0.1) is 0 Å². The van der Waals surface area contributed by atoms with Crippen LogP contribution in [0.3, 0.4) is 0 Å². The third-order valence-electron chi connectivity index (χ3n) is 4.30.